The van der Waals surface area contributed by atoms with Crippen LogP contribution in [-0.2, 0) is 0 Å². The fourth-order valence-electron chi connectivity index (χ4n) is 1.70. The van der Waals surface area contributed by atoms with Crippen LogP contribution in [0.15, 0.2) is 36.5 Å². The van der Waals surface area contributed by atoms with Crippen LogP contribution in [0.4, 0.5) is 11.4 Å². The Hall–Kier alpha value is -1.44. The number of anilines is 2. The number of hydrogen-bond donors (Lipinski definition) is 1. The summed E-state index contributed by atoms with van der Waals surface area (Å²) in [5, 5.41) is 0. The molecule has 68 valence electrons. The number of hydrogen-bond acceptors (Lipinski definition) is 2. The lowest BCUT2D eigenvalue weighted by Crippen LogP contribution is -2.15. The lowest BCUT2D eigenvalue weighted by atomic mass is 10.2. The predicted octanol–water partition coefficient (Wildman–Crippen LogP) is 2.38. The summed E-state index contributed by atoms with van der Waals surface area (Å²) in [5.74, 6) is 0. The van der Waals surface area contributed by atoms with Crippen molar-refractivity contribution in [3.05, 3.63) is 36.5 Å². The SMILES string of the molecule is C=C1CCCN1c1ccc(N)cc1. The summed E-state index contributed by atoms with van der Waals surface area (Å²) in [6.45, 7) is 5.12. The van der Waals surface area contributed by atoms with Crippen molar-refractivity contribution in [2.75, 3.05) is 17.2 Å². The van der Waals surface area contributed by atoms with Gasteiger partial charge in [0, 0.05) is 23.6 Å². The minimum Gasteiger partial charge on any atom is -0.399 e. The highest BCUT2D eigenvalue weighted by molar-refractivity contribution is 5.57. The van der Waals surface area contributed by atoms with Gasteiger partial charge in [-0.1, -0.05) is 6.58 Å². The zero-order valence-corrected chi connectivity index (χ0v) is 7.66. The monoisotopic (exact) mass is 174 g/mol. The number of benzene rings is 1. The van der Waals surface area contributed by atoms with Crippen molar-refractivity contribution in [1.29, 1.82) is 0 Å². The van der Waals surface area contributed by atoms with Gasteiger partial charge in [0.2, 0.25) is 0 Å². The van der Waals surface area contributed by atoms with E-state index in [2.05, 4.69) is 11.5 Å². The average molecular weight is 174 g/mol. The summed E-state index contributed by atoms with van der Waals surface area (Å²) in [4.78, 5) is 2.25. The molecule has 0 unspecified atom stereocenters. The van der Waals surface area contributed by atoms with Crippen molar-refractivity contribution in [3.8, 4) is 0 Å². The number of rotatable bonds is 1. The molecule has 2 heteroatoms. The Morgan fingerprint density at radius 1 is 1.23 bits per heavy atom. The number of nitrogen functional groups attached to an aromatic ring is 1. The highest BCUT2D eigenvalue weighted by Gasteiger charge is 2.15. The van der Waals surface area contributed by atoms with Gasteiger partial charge in [0.1, 0.15) is 0 Å². The third-order valence-electron chi connectivity index (χ3n) is 2.43. The second-order valence-corrected chi connectivity index (χ2v) is 3.41. The molecule has 2 nitrogen and oxygen atoms in total. The molecule has 2 N–H and O–H groups in total. The van der Waals surface area contributed by atoms with Crippen LogP contribution in [0.1, 0.15) is 12.8 Å². The quantitative estimate of drug-likeness (QED) is 0.662. The van der Waals surface area contributed by atoms with Crippen molar-refractivity contribution < 1.29 is 0 Å². The zero-order chi connectivity index (χ0) is 9.26. The number of nitrogens with zero attached hydrogens (tertiary/aromatic N) is 1. The summed E-state index contributed by atoms with van der Waals surface area (Å²) >= 11 is 0. The summed E-state index contributed by atoms with van der Waals surface area (Å²) in [7, 11) is 0. The van der Waals surface area contributed by atoms with E-state index < -0.39 is 0 Å². The van der Waals surface area contributed by atoms with Gasteiger partial charge in [-0.15, -0.1) is 0 Å². The van der Waals surface area contributed by atoms with E-state index in [-0.39, 0.29) is 0 Å². The summed E-state index contributed by atoms with van der Waals surface area (Å²) < 4.78 is 0. The molecule has 1 aromatic rings. The molecule has 2 rings (SSSR count). The van der Waals surface area contributed by atoms with Gasteiger partial charge >= 0.3 is 0 Å². The minimum atomic E-state index is 0.813. The third kappa shape index (κ3) is 1.52. The molecule has 1 aromatic carbocycles. The van der Waals surface area contributed by atoms with Gasteiger partial charge < -0.3 is 10.6 Å². The average Bonchev–Trinajstić information content (AvgIpc) is 2.53. The van der Waals surface area contributed by atoms with Crippen LogP contribution in [0.5, 0.6) is 0 Å². The molecule has 1 heterocycles. The van der Waals surface area contributed by atoms with E-state index in [0.29, 0.717) is 0 Å². The number of nitrogens with two attached hydrogens (primary N) is 1. The summed E-state index contributed by atoms with van der Waals surface area (Å²) in [6.07, 6.45) is 2.33. The van der Waals surface area contributed by atoms with Crippen molar-refractivity contribution in [3.63, 3.8) is 0 Å². The zero-order valence-electron chi connectivity index (χ0n) is 7.66. The largest absolute Gasteiger partial charge is 0.399 e. The van der Waals surface area contributed by atoms with E-state index in [1.807, 2.05) is 24.3 Å². The Morgan fingerprint density at radius 3 is 2.46 bits per heavy atom. The van der Waals surface area contributed by atoms with Gasteiger partial charge in [0.05, 0.1) is 0 Å². The molecule has 1 saturated heterocycles. The first-order chi connectivity index (χ1) is 6.27. The number of allylic oxidation sites excluding steroid dienone is 1. The first-order valence-electron chi connectivity index (χ1n) is 4.58. The van der Waals surface area contributed by atoms with Crippen LogP contribution in [0.2, 0.25) is 0 Å². The van der Waals surface area contributed by atoms with Crippen molar-refractivity contribution in [2.24, 2.45) is 0 Å². The minimum absolute atomic E-state index is 0.813. The second kappa shape index (κ2) is 3.13. The van der Waals surface area contributed by atoms with E-state index >= 15 is 0 Å². The molecular weight excluding hydrogens is 160 g/mol. The molecule has 0 aliphatic carbocycles. The fraction of sp³-hybridized carbons (Fsp3) is 0.273. The molecule has 1 aliphatic rings. The maximum Gasteiger partial charge on any atom is 0.0409 e. The Labute approximate surface area is 78.7 Å². The van der Waals surface area contributed by atoms with E-state index in [1.54, 1.807) is 0 Å². The molecule has 0 atom stereocenters. The van der Waals surface area contributed by atoms with Crippen LogP contribution < -0.4 is 10.6 Å². The van der Waals surface area contributed by atoms with Crippen molar-refractivity contribution >= 4 is 11.4 Å². The summed E-state index contributed by atoms with van der Waals surface area (Å²) in [6, 6.07) is 7.96. The Morgan fingerprint density at radius 2 is 1.92 bits per heavy atom. The van der Waals surface area contributed by atoms with Crippen LogP contribution in [0.25, 0.3) is 0 Å². The molecule has 0 amide bonds. The standard InChI is InChI=1S/C11H14N2/c1-9-3-2-8-13(9)11-6-4-10(12)5-7-11/h4-7H,1-3,8,12H2. The molecule has 0 spiro atoms. The first-order valence-corrected chi connectivity index (χ1v) is 4.58. The van der Waals surface area contributed by atoms with E-state index in [1.165, 1.54) is 17.8 Å². The molecule has 13 heavy (non-hydrogen) atoms. The van der Waals surface area contributed by atoms with Crippen molar-refractivity contribution in [2.45, 2.75) is 12.8 Å². The van der Waals surface area contributed by atoms with Crippen molar-refractivity contribution in [1.82, 2.24) is 0 Å². The molecule has 1 fully saturated rings. The molecule has 0 aromatic heterocycles. The molecule has 0 radical (unpaired) electrons. The highest BCUT2D eigenvalue weighted by Crippen LogP contribution is 2.27. The van der Waals surface area contributed by atoms with Crippen LogP contribution in [0, 0.1) is 0 Å². The highest BCUT2D eigenvalue weighted by atomic mass is 15.2. The molecule has 0 bridgehead atoms. The smallest absolute Gasteiger partial charge is 0.0409 e. The molecule has 0 saturated carbocycles. The van der Waals surface area contributed by atoms with Crippen LogP contribution in [-0.4, -0.2) is 6.54 Å². The van der Waals surface area contributed by atoms with E-state index in [4.69, 9.17) is 5.73 Å². The van der Waals surface area contributed by atoms with Crippen LogP contribution in [0.3, 0.4) is 0 Å². The Kier molecular flexibility index (Phi) is 1.97. The second-order valence-electron chi connectivity index (χ2n) is 3.41. The lowest BCUT2D eigenvalue weighted by Gasteiger charge is -2.19. The van der Waals surface area contributed by atoms with Gasteiger partial charge in [-0.05, 0) is 37.1 Å². The molecule has 1 aliphatic heterocycles. The van der Waals surface area contributed by atoms with Gasteiger partial charge in [-0.25, -0.2) is 0 Å². The first kappa shape index (κ1) is 8.17. The van der Waals surface area contributed by atoms with E-state index in [0.717, 1.165) is 18.7 Å². The van der Waals surface area contributed by atoms with Crippen LogP contribution >= 0.6 is 0 Å². The Balaban J connectivity index is 2.25. The maximum atomic E-state index is 5.62. The van der Waals surface area contributed by atoms with Gasteiger partial charge in [0.25, 0.3) is 0 Å². The van der Waals surface area contributed by atoms with Gasteiger partial charge in [-0.3, -0.25) is 0 Å². The van der Waals surface area contributed by atoms with E-state index in [9.17, 15) is 0 Å². The maximum absolute atomic E-state index is 5.62. The topological polar surface area (TPSA) is 29.3 Å². The normalized spacial score (nSPS) is 16.6. The van der Waals surface area contributed by atoms with Gasteiger partial charge in [-0.2, -0.15) is 0 Å². The Bertz CT molecular complexity index is 313. The summed E-state index contributed by atoms with van der Waals surface area (Å²) in [5.41, 5.74) is 8.85. The molecular formula is C11H14N2. The fourth-order valence-corrected chi connectivity index (χ4v) is 1.70. The predicted molar refractivity (Wildman–Crippen MR) is 56.6 cm³/mol. The van der Waals surface area contributed by atoms with Gasteiger partial charge in [0.15, 0.2) is 0 Å². The third-order valence-corrected chi connectivity index (χ3v) is 2.43. The lowest BCUT2D eigenvalue weighted by molar-refractivity contribution is 0.956.